The van der Waals surface area contributed by atoms with E-state index in [1.807, 2.05) is 0 Å². The molecule has 1 saturated heterocycles. The van der Waals surface area contributed by atoms with E-state index in [9.17, 15) is 13.6 Å². The van der Waals surface area contributed by atoms with Crippen LogP contribution >= 0.6 is 0 Å². The van der Waals surface area contributed by atoms with Gasteiger partial charge in [0.2, 0.25) is 11.7 Å². The van der Waals surface area contributed by atoms with Crippen LogP contribution in [0.1, 0.15) is 32.1 Å². The number of ether oxygens (including phenoxy) is 1. The van der Waals surface area contributed by atoms with Crippen LogP contribution in [-0.4, -0.2) is 25.6 Å². The number of hydrogen-bond donors (Lipinski definition) is 1. The number of anilines is 1. The molecule has 1 aromatic rings. The van der Waals surface area contributed by atoms with E-state index in [1.54, 1.807) is 4.90 Å². The number of hydrogen-bond acceptors (Lipinski definition) is 3. The van der Waals surface area contributed by atoms with Gasteiger partial charge in [0.15, 0.2) is 11.6 Å². The average molecular weight is 310 g/mol. The second-order valence-electron chi connectivity index (χ2n) is 6.23. The molecule has 1 amide bonds. The molecule has 0 radical (unpaired) electrons. The van der Waals surface area contributed by atoms with Crippen molar-refractivity contribution in [3.8, 4) is 5.75 Å². The van der Waals surface area contributed by atoms with Crippen LogP contribution in [0.3, 0.4) is 0 Å². The smallest absolute Gasteiger partial charge is 0.240 e. The van der Waals surface area contributed by atoms with E-state index in [2.05, 4.69) is 0 Å². The highest BCUT2D eigenvalue weighted by atomic mass is 19.2. The zero-order valence-electron chi connectivity index (χ0n) is 12.6. The summed E-state index contributed by atoms with van der Waals surface area (Å²) < 4.78 is 32.4. The van der Waals surface area contributed by atoms with Crippen molar-refractivity contribution in [1.82, 2.24) is 0 Å². The zero-order chi connectivity index (χ0) is 15.9. The Morgan fingerprint density at radius 3 is 2.59 bits per heavy atom. The van der Waals surface area contributed by atoms with Crippen molar-refractivity contribution in [2.45, 2.75) is 38.1 Å². The third kappa shape index (κ3) is 2.12. The minimum Gasteiger partial charge on any atom is -0.491 e. The number of halogens is 2. The Labute approximate surface area is 128 Å². The lowest BCUT2D eigenvalue weighted by Crippen LogP contribution is -2.48. The SMILES string of the molecule is COc1c(N2CCC3(CCCC3)C2C(N)=O)ccc(F)c1F. The molecule has 1 aliphatic heterocycles. The van der Waals surface area contributed by atoms with Gasteiger partial charge in [-0.3, -0.25) is 4.79 Å². The van der Waals surface area contributed by atoms with Crippen LogP contribution in [0.15, 0.2) is 12.1 Å². The summed E-state index contributed by atoms with van der Waals surface area (Å²) >= 11 is 0. The Kier molecular flexibility index (Phi) is 3.70. The molecular weight excluding hydrogens is 290 g/mol. The molecule has 1 spiro atoms. The van der Waals surface area contributed by atoms with Crippen LogP contribution in [-0.2, 0) is 4.79 Å². The van der Waals surface area contributed by atoms with Gasteiger partial charge in [0, 0.05) is 12.0 Å². The Morgan fingerprint density at radius 2 is 2.00 bits per heavy atom. The van der Waals surface area contributed by atoms with Gasteiger partial charge in [0.25, 0.3) is 0 Å². The van der Waals surface area contributed by atoms with E-state index in [4.69, 9.17) is 10.5 Å². The maximum absolute atomic E-state index is 14.0. The minimum absolute atomic E-state index is 0.137. The fourth-order valence-corrected chi connectivity index (χ4v) is 4.20. The summed E-state index contributed by atoms with van der Waals surface area (Å²) in [4.78, 5) is 13.9. The van der Waals surface area contributed by atoms with Crippen molar-refractivity contribution < 1.29 is 18.3 Å². The quantitative estimate of drug-likeness (QED) is 0.933. The summed E-state index contributed by atoms with van der Waals surface area (Å²) in [5.74, 6) is -2.57. The number of carbonyl (C=O) groups excluding carboxylic acids is 1. The maximum atomic E-state index is 14.0. The molecule has 1 atom stereocenters. The molecule has 2 N–H and O–H groups in total. The van der Waals surface area contributed by atoms with E-state index in [0.29, 0.717) is 12.2 Å². The van der Waals surface area contributed by atoms with Crippen molar-refractivity contribution in [2.24, 2.45) is 11.1 Å². The summed E-state index contributed by atoms with van der Waals surface area (Å²) in [5, 5.41) is 0. The summed E-state index contributed by atoms with van der Waals surface area (Å²) in [7, 11) is 1.29. The van der Waals surface area contributed by atoms with Crippen molar-refractivity contribution in [3.63, 3.8) is 0 Å². The second kappa shape index (κ2) is 5.41. The fourth-order valence-electron chi connectivity index (χ4n) is 4.20. The minimum atomic E-state index is -1.03. The second-order valence-corrected chi connectivity index (χ2v) is 6.23. The van der Waals surface area contributed by atoms with E-state index in [0.717, 1.165) is 38.2 Å². The lowest BCUT2D eigenvalue weighted by molar-refractivity contribution is -0.121. The topological polar surface area (TPSA) is 55.6 Å². The molecule has 4 nitrogen and oxygen atoms in total. The Balaban J connectivity index is 2.05. The van der Waals surface area contributed by atoms with Crippen LogP contribution in [0, 0.1) is 17.0 Å². The fraction of sp³-hybridized carbons (Fsp3) is 0.562. The molecule has 1 saturated carbocycles. The molecule has 2 aliphatic rings. The summed E-state index contributed by atoms with van der Waals surface area (Å²) in [6, 6.07) is 2.03. The van der Waals surface area contributed by atoms with E-state index in [-0.39, 0.29) is 11.2 Å². The lowest BCUT2D eigenvalue weighted by Gasteiger charge is -2.34. The maximum Gasteiger partial charge on any atom is 0.240 e. The van der Waals surface area contributed by atoms with Gasteiger partial charge in [-0.05, 0) is 31.4 Å². The van der Waals surface area contributed by atoms with Crippen LogP contribution in [0.2, 0.25) is 0 Å². The number of nitrogens with two attached hydrogens (primary N) is 1. The van der Waals surface area contributed by atoms with Gasteiger partial charge < -0.3 is 15.4 Å². The van der Waals surface area contributed by atoms with Crippen molar-refractivity contribution in [2.75, 3.05) is 18.6 Å². The first-order valence-electron chi connectivity index (χ1n) is 7.58. The summed E-state index contributed by atoms with van der Waals surface area (Å²) in [6.07, 6.45) is 4.88. The lowest BCUT2D eigenvalue weighted by atomic mass is 9.78. The highest BCUT2D eigenvalue weighted by Gasteiger charge is 2.52. The van der Waals surface area contributed by atoms with Crippen LogP contribution in [0.5, 0.6) is 5.75 Å². The Hall–Kier alpha value is -1.85. The number of carbonyl (C=O) groups is 1. The van der Waals surface area contributed by atoms with Gasteiger partial charge in [-0.25, -0.2) is 4.39 Å². The first-order chi connectivity index (χ1) is 10.5. The molecule has 2 fully saturated rings. The molecule has 3 rings (SSSR count). The average Bonchev–Trinajstić information content (AvgIpc) is 3.10. The Morgan fingerprint density at radius 1 is 1.32 bits per heavy atom. The van der Waals surface area contributed by atoms with Gasteiger partial charge in [0.05, 0.1) is 12.8 Å². The summed E-state index contributed by atoms with van der Waals surface area (Å²) in [5.41, 5.74) is 5.91. The van der Waals surface area contributed by atoms with Gasteiger partial charge in [0.1, 0.15) is 6.04 Å². The first kappa shape index (κ1) is 15.1. The zero-order valence-corrected chi connectivity index (χ0v) is 12.6. The van der Waals surface area contributed by atoms with Crippen molar-refractivity contribution in [1.29, 1.82) is 0 Å². The third-order valence-corrected chi connectivity index (χ3v) is 5.15. The Bertz CT molecular complexity index is 600. The molecule has 1 unspecified atom stereocenters. The molecule has 1 heterocycles. The molecule has 6 heteroatoms. The standard InChI is InChI=1S/C16H20F2N2O2/c1-22-13-11(5-4-10(17)12(13)18)20-9-8-16(6-2-3-7-16)14(20)15(19)21/h4-5,14H,2-3,6-9H2,1H3,(H2,19,21). The number of methoxy groups -OCH3 is 1. The largest absolute Gasteiger partial charge is 0.491 e. The first-order valence-corrected chi connectivity index (χ1v) is 7.58. The van der Waals surface area contributed by atoms with Crippen LogP contribution in [0.4, 0.5) is 14.5 Å². The molecular formula is C16H20F2N2O2. The monoisotopic (exact) mass is 310 g/mol. The number of amides is 1. The number of benzene rings is 1. The van der Waals surface area contributed by atoms with Gasteiger partial charge in [-0.2, -0.15) is 4.39 Å². The van der Waals surface area contributed by atoms with E-state index in [1.165, 1.54) is 13.2 Å². The van der Waals surface area contributed by atoms with Crippen molar-refractivity contribution >= 4 is 11.6 Å². The highest BCUT2D eigenvalue weighted by Crippen LogP contribution is 2.52. The van der Waals surface area contributed by atoms with Gasteiger partial charge >= 0.3 is 0 Å². The van der Waals surface area contributed by atoms with Crippen LogP contribution < -0.4 is 15.4 Å². The third-order valence-electron chi connectivity index (χ3n) is 5.15. The predicted molar refractivity (Wildman–Crippen MR) is 78.8 cm³/mol. The highest BCUT2D eigenvalue weighted by molar-refractivity contribution is 5.86. The molecule has 22 heavy (non-hydrogen) atoms. The van der Waals surface area contributed by atoms with Gasteiger partial charge in [-0.15, -0.1) is 0 Å². The predicted octanol–water partition coefficient (Wildman–Crippen LogP) is 2.60. The van der Waals surface area contributed by atoms with Crippen molar-refractivity contribution in [3.05, 3.63) is 23.8 Å². The van der Waals surface area contributed by atoms with Gasteiger partial charge in [-0.1, -0.05) is 12.8 Å². The molecule has 1 aromatic carbocycles. The molecule has 1 aliphatic carbocycles. The van der Waals surface area contributed by atoms with E-state index >= 15 is 0 Å². The van der Waals surface area contributed by atoms with E-state index < -0.39 is 23.6 Å². The molecule has 0 aromatic heterocycles. The van der Waals surface area contributed by atoms with Crippen LogP contribution in [0.25, 0.3) is 0 Å². The molecule has 0 bridgehead atoms. The number of rotatable bonds is 3. The summed E-state index contributed by atoms with van der Waals surface area (Å²) in [6.45, 7) is 0.592. The molecule has 120 valence electrons. The normalized spacial score (nSPS) is 23.2. The number of nitrogens with zero attached hydrogens (tertiary/aromatic N) is 1. The number of primary amides is 1.